The zero-order valence-corrected chi connectivity index (χ0v) is 11.9. The van der Waals surface area contributed by atoms with Crippen molar-refractivity contribution in [1.29, 1.82) is 0 Å². The SMILES string of the molecule is CCOC(=O)c1ccc(-c2ccc(Br)cc2Cl)o1. The number of ether oxygens (including phenoxy) is 1. The molecule has 3 nitrogen and oxygen atoms in total. The Labute approximate surface area is 118 Å². The summed E-state index contributed by atoms with van der Waals surface area (Å²) in [4.78, 5) is 11.5. The molecule has 0 saturated heterocycles. The van der Waals surface area contributed by atoms with Crippen molar-refractivity contribution < 1.29 is 13.9 Å². The lowest BCUT2D eigenvalue weighted by molar-refractivity contribution is 0.0491. The van der Waals surface area contributed by atoms with Gasteiger partial charge in [-0.1, -0.05) is 27.5 Å². The number of carbonyl (C=O) groups excluding carboxylic acids is 1. The van der Waals surface area contributed by atoms with Crippen molar-refractivity contribution >= 4 is 33.5 Å². The van der Waals surface area contributed by atoms with Gasteiger partial charge in [-0.2, -0.15) is 0 Å². The number of benzene rings is 1. The monoisotopic (exact) mass is 328 g/mol. The summed E-state index contributed by atoms with van der Waals surface area (Å²) in [5.41, 5.74) is 0.732. The van der Waals surface area contributed by atoms with Crippen LogP contribution in [-0.2, 0) is 4.74 Å². The third-order valence-corrected chi connectivity index (χ3v) is 3.09. The summed E-state index contributed by atoms with van der Waals surface area (Å²) >= 11 is 9.44. The van der Waals surface area contributed by atoms with Gasteiger partial charge in [0, 0.05) is 10.0 Å². The topological polar surface area (TPSA) is 39.4 Å². The third kappa shape index (κ3) is 2.76. The van der Waals surface area contributed by atoms with Crippen molar-refractivity contribution in [2.24, 2.45) is 0 Å². The van der Waals surface area contributed by atoms with E-state index in [4.69, 9.17) is 20.8 Å². The van der Waals surface area contributed by atoms with Crippen molar-refractivity contribution in [3.8, 4) is 11.3 Å². The zero-order valence-electron chi connectivity index (χ0n) is 9.57. The molecule has 2 rings (SSSR count). The first-order chi connectivity index (χ1) is 8.61. The van der Waals surface area contributed by atoms with E-state index in [1.165, 1.54) is 0 Å². The lowest BCUT2D eigenvalue weighted by atomic mass is 10.2. The van der Waals surface area contributed by atoms with E-state index in [0.29, 0.717) is 17.4 Å². The number of halogens is 2. The molecule has 18 heavy (non-hydrogen) atoms. The van der Waals surface area contributed by atoms with Gasteiger partial charge in [-0.15, -0.1) is 0 Å². The molecule has 0 aliphatic heterocycles. The van der Waals surface area contributed by atoms with Crippen LogP contribution >= 0.6 is 27.5 Å². The molecule has 0 aliphatic rings. The van der Waals surface area contributed by atoms with Crippen LogP contribution in [0.1, 0.15) is 17.5 Å². The quantitative estimate of drug-likeness (QED) is 0.776. The first-order valence-electron chi connectivity index (χ1n) is 5.34. The first-order valence-corrected chi connectivity index (χ1v) is 6.51. The average Bonchev–Trinajstić information content (AvgIpc) is 2.78. The molecule has 5 heteroatoms. The summed E-state index contributed by atoms with van der Waals surface area (Å²) < 4.78 is 11.2. The van der Waals surface area contributed by atoms with E-state index >= 15 is 0 Å². The predicted octanol–water partition coefficient (Wildman–Crippen LogP) is 4.54. The van der Waals surface area contributed by atoms with Gasteiger partial charge in [0.15, 0.2) is 0 Å². The highest BCUT2D eigenvalue weighted by atomic mass is 79.9. The molecule has 0 unspecified atom stereocenters. The van der Waals surface area contributed by atoms with Crippen molar-refractivity contribution in [2.75, 3.05) is 6.61 Å². The lowest BCUT2D eigenvalue weighted by Gasteiger charge is -2.01. The van der Waals surface area contributed by atoms with Crippen LogP contribution in [0.15, 0.2) is 39.2 Å². The molecule has 0 saturated carbocycles. The minimum atomic E-state index is -0.475. The highest BCUT2D eigenvalue weighted by molar-refractivity contribution is 9.10. The number of furan rings is 1. The van der Waals surface area contributed by atoms with Gasteiger partial charge in [-0.25, -0.2) is 4.79 Å². The van der Waals surface area contributed by atoms with Crippen LogP contribution in [0.5, 0.6) is 0 Å². The van der Waals surface area contributed by atoms with E-state index in [1.807, 2.05) is 12.1 Å². The van der Waals surface area contributed by atoms with E-state index in [9.17, 15) is 4.79 Å². The van der Waals surface area contributed by atoms with Crippen LogP contribution < -0.4 is 0 Å². The second-order valence-electron chi connectivity index (χ2n) is 3.51. The molecule has 0 atom stereocenters. The summed E-state index contributed by atoms with van der Waals surface area (Å²) in [5.74, 6) is 0.235. The first kappa shape index (κ1) is 13.2. The molecule has 0 amide bonds. The number of carbonyl (C=O) groups is 1. The Morgan fingerprint density at radius 2 is 2.17 bits per heavy atom. The Morgan fingerprint density at radius 3 is 2.83 bits per heavy atom. The van der Waals surface area contributed by atoms with Crippen LogP contribution in [0.4, 0.5) is 0 Å². The molecule has 0 radical (unpaired) electrons. The average molecular weight is 330 g/mol. The smallest absolute Gasteiger partial charge is 0.374 e. The molecule has 1 heterocycles. The standard InChI is InChI=1S/C13H10BrClO3/c1-2-17-13(16)12-6-5-11(18-12)9-4-3-8(14)7-10(9)15/h3-7H,2H2,1H3. The maximum absolute atomic E-state index is 11.5. The van der Waals surface area contributed by atoms with E-state index in [-0.39, 0.29) is 5.76 Å². The van der Waals surface area contributed by atoms with E-state index < -0.39 is 5.97 Å². The van der Waals surface area contributed by atoms with E-state index in [2.05, 4.69) is 15.9 Å². The maximum atomic E-state index is 11.5. The van der Waals surface area contributed by atoms with Gasteiger partial charge in [-0.05, 0) is 37.3 Å². The second-order valence-corrected chi connectivity index (χ2v) is 4.83. The maximum Gasteiger partial charge on any atom is 0.374 e. The zero-order chi connectivity index (χ0) is 13.1. The van der Waals surface area contributed by atoms with Crippen LogP contribution in [0.2, 0.25) is 5.02 Å². The van der Waals surface area contributed by atoms with Gasteiger partial charge < -0.3 is 9.15 Å². The van der Waals surface area contributed by atoms with Gasteiger partial charge in [-0.3, -0.25) is 0 Å². The highest BCUT2D eigenvalue weighted by Crippen LogP contribution is 2.31. The summed E-state index contributed by atoms with van der Waals surface area (Å²) in [6.07, 6.45) is 0. The van der Waals surface area contributed by atoms with Crippen LogP contribution in [0.25, 0.3) is 11.3 Å². The van der Waals surface area contributed by atoms with Crippen LogP contribution in [0.3, 0.4) is 0 Å². The van der Waals surface area contributed by atoms with Crippen LogP contribution in [-0.4, -0.2) is 12.6 Å². The third-order valence-electron chi connectivity index (χ3n) is 2.28. The fourth-order valence-electron chi connectivity index (χ4n) is 1.48. The Morgan fingerprint density at radius 1 is 1.39 bits per heavy atom. The highest BCUT2D eigenvalue weighted by Gasteiger charge is 2.14. The minimum Gasteiger partial charge on any atom is -0.460 e. The van der Waals surface area contributed by atoms with Gasteiger partial charge >= 0.3 is 5.97 Å². The van der Waals surface area contributed by atoms with E-state index in [1.54, 1.807) is 25.1 Å². The summed E-state index contributed by atoms with van der Waals surface area (Å²) in [7, 11) is 0. The Kier molecular flexibility index (Phi) is 4.09. The van der Waals surface area contributed by atoms with Crippen molar-refractivity contribution in [2.45, 2.75) is 6.92 Å². The van der Waals surface area contributed by atoms with Crippen molar-refractivity contribution in [3.05, 3.63) is 45.6 Å². The molecule has 94 valence electrons. The molecule has 0 spiro atoms. The minimum absolute atomic E-state index is 0.172. The summed E-state index contributed by atoms with van der Waals surface area (Å²) in [5, 5.41) is 0.550. The van der Waals surface area contributed by atoms with E-state index in [0.717, 1.165) is 10.0 Å². The molecule has 2 aromatic rings. The number of rotatable bonds is 3. The van der Waals surface area contributed by atoms with Gasteiger partial charge in [0.05, 0.1) is 11.6 Å². The van der Waals surface area contributed by atoms with Gasteiger partial charge in [0.25, 0.3) is 0 Å². The predicted molar refractivity (Wildman–Crippen MR) is 72.8 cm³/mol. The molecule has 0 fully saturated rings. The number of hydrogen-bond donors (Lipinski definition) is 0. The molecule has 1 aromatic carbocycles. The van der Waals surface area contributed by atoms with Gasteiger partial charge in [0.1, 0.15) is 5.76 Å². The fourth-order valence-corrected chi connectivity index (χ4v) is 2.25. The largest absolute Gasteiger partial charge is 0.460 e. The molecule has 0 bridgehead atoms. The number of esters is 1. The Bertz CT molecular complexity index is 577. The van der Waals surface area contributed by atoms with Crippen molar-refractivity contribution in [3.63, 3.8) is 0 Å². The van der Waals surface area contributed by atoms with Gasteiger partial charge in [0.2, 0.25) is 5.76 Å². The molecule has 0 aliphatic carbocycles. The second kappa shape index (κ2) is 5.59. The lowest BCUT2D eigenvalue weighted by Crippen LogP contribution is -2.02. The summed E-state index contributed by atoms with van der Waals surface area (Å²) in [6.45, 7) is 2.06. The fraction of sp³-hybridized carbons (Fsp3) is 0.154. The Hall–Kier alpha value is -1.26. The Balaban J connectivity index is 2.32. The van der Waals surface area contributed by atoms with Crippen molar-refractivity contribution in [1.82, 2.24) is 0 Å². The molecular weight excluding hydrogens is 319 g/mol. The molecular formula is C13H10BrClO3. The normalized spacial score (nSPS) is 10.4. The molecule has 1 aromatic heterocycles. The summed E-state index contributed by atoms with van der Waals surface area (Å²) in [6, 6.07) is 8.71. The van der Waals surface area contributed by atoms with Crippen LogP contribution in [0, 0.1) is 0 Å². The molecule has 0 N–H and O–H groups in total. The number of hydrogen-bond acceptors (Lipinski definition) is 3.